The van der Waals surface area contributed by atoms with Gasteiger partial charge in [-0.3, -0.25) is 4.79 Å². The molecule has 0 spiro atoms. The predicted octanol–water partition coefficient (Wildman–Crippen LogP) is 1.60. The Kier molecular flexibility index (Phi) is 4.13. The Morgan fingerprint density at radius 2 is 2.25 bits per heavy atom. The van der Waals surface area contributed by atoms with Gasteiger partial charge in [-0.05, 0) is 24.5 Å². The third-order valence-electron chi connectivity index (χ3n) is 3.30. The number of carboxylic acid groups (broad SMARTS) is 1. The van der Waals surface area contributed by atoms with Gasteiger partial charge in [0.05, 0.1) is 6.26 Å². The number of hydrogen-bond donors (Lipinski definition) is 1. The maximum Gasteiger partial charge on any atom is 0.335 e. The van der Waals surface area contributed by atoms with Crippen LogP contribution in [0.4, 0.5) is 0 Å². The number of carbonyl (C=O) groups is 2. The summed E-state index contributed by atoms with van der Waals surface area (Å²) in [6, 6.07) is 1.03. The Bertz CT molecular complexity index is 507. The maximum absolute atomic E-state index is 12.1. The second-order valence-electron chi connectivity index (χ2n) is 5.42. The Morgan fingerprint density at radius 3 is 2.75 bits per heavy atom. The van der Waals surface area contributed by atoms with Crippen molar-refractivity contribution in [2.24, 2.45) is 5.92 Å². The van der Waals surface area contributed by atoms with Gasteiger partial charge in [-0.25, -0.2) is 4.79 Å². The topological polar surface area (TPSA) is 80.0 Å². The minimum atomic E-state index is -1.10. The van der Waals surface area contributed by atoms with Gasteiger partial charge < -0.3 is 19.2 Å². The van der Waals surface area contributed by atoms with E-state index >= 15 is 0 Å². The van der Waals surface area contributed by atoms with Crippen LogP contribution in [0.25, 0.3) is 0 Å². The maximum atomic E-state index is 12.1. The average Bonchev–Trinajstić information content (AvgIpc) is 2.77. The number of carboxylic acids is 1. The third-order valence-corrected chi connectivity index (χ3v) is 3.30. The van der Waals surface area contributed by atoms with E-state index in [9.17, 15) is 14.7 Å². The molecule has 1 amide bonds. The van der Waals surface area contributed by atoms with Crippen LogP contribution in [0.2, 0.25) is 0 Å². The summed E-state index contributed by atoms with van der Waals surface area (Å²) in [4.78, 5) is 25.0. The zero-order valence-corrected chi connectivity index (χ0v) is 11.8. The Morgan fingerprint density at radius 1 is 1.55 bits per heavy atom. The standard InChI is InChI=1S/C14H19NO5/c1-8(2)6-15-10(16)7-20-13(14(17)18)11(15)12-9(3)4-5-19-12/h4-5,8,11,13H,6-7H2,1-3H3,(H,17,18). The largest absolute Gasteiger partial charge is 0.479 e. The highest BCUT2D eigenvalue weighted by Gasteiger charge is 2.44. The van der Waals surface area contributed by atoms with Crippen molar-refractivity contribution in [2.75, 3.05) is 13.2 Å². The first-order valence-corrected chi connectivity index (χ1v) is 6.59. The number of rotatable bonds is 4. The molecule has 0 saturated carbocycles. The highest BCUT2D eigenvalue weighted by atomic mass is 16.5. The van der Waals surface area contributed by atoms with Gasteiger partial charge in [0.25, 0.3) is 0 Å². The molecule has 1 aliphatic rings. The number of morpholine rings is 1. The lowest BCUT2D eigenvalue weighted by Crippen LogP contribution is -2.52. The fraction of sp³-hybridized carbons (Fsp3) is 0.571. The van der Waals surface area contributed by atoms with E-state index in [0.717, 1.165) is 5.56 Å². The minimum Gasteiger partial charge on any atom is -0.479 e. The molecule has 2 rings (SSSR count). The molecule has 2 atom stereocenters. The Balaban J connectivity index is 2.41. The van der Waals surface area contributed by atoms with Gasteiger partial charge in [0.15, 0.2) is 6.10 Å². The van der Waals surface area contributed by atoms with Crippen LogP contribution in [0.5, 0.6) is 0 Å². The van der Waals surface area contributed by atoms with E-state index in [1.54, 1.807) is 11.0 Å². The van der Waals surface area contributed by atoms with E-state index < -0.39 is 18.1 Å². The second-order valence-corrected chi connectivity index (χ2v) is 5.42. The van der Waals surface area contributed by atoms with Gasteiger partial charge in [-0.15, -0.1) is 0 Å². The molecule has 6 nitrogen and oxygen atoms in total. The first kappa shape index (κ1) is 14.6. The summed E-state index contributed by atoms with van der Waals surface area (Å²) in [5.74, 6) is -0.598. The molecule has 0 radical (unpaired) electrons. The van der Waals surface area contributed by atoms with Gasteiger partial charge in [-0.2, -0.15) is 0 Å². The molecule has 1 fully saturated rings. The molecule has 2 heterocycles. The fourth-order valence-electron chi connectivity index (χ4n) is 2.44. The van der Waals surface area contributed by atoms with Gasteiger partial charge in [-0.1, -0.05) is 13.8 Å². The molecule has 0 aliphatic carbocycles. The molecule has 1 aromatic rings. The molecule has 110 valence electrons. The van der Waals surface area contributed by atoms with Crippen molar-refractivity contribution in [3.8, 4) is 0 Å². The molecule has 1 aromatic heterocycles. The van der Waals surface area contributed by atoms with Crippen LogP contribution in [0.3, 0.4) is 0 Å². The summed E-state index contributed by atoms with van der Waals surface area (Å²) in [6.07, 6.45) is 0.396. The quantitative estimate of drug-likeness (QED) is 0.906. The lowest BCUT2D eigenvalue weighted by Gasteiger charge is -2.39. The number of nitrogens with zero attached hydrogens (tertiary/aromatic N) is 1. The molecule has 1 N–H and O–H groups in total. The van der Waals surface area contributed by atoms with E-state index in [0.29, 0.717) is 12.3 Å². The van der Waals surface area contributed by atoms with Crippen LogP contribution < -0.4 is 0 Å². The number of ether oxygens (including phenoxy) is 1. The van der Waals surface area contributed by atoms with Gasteiger partial charge >= 0.3 is 5.97 Å². The molecule has 2 unspecified atom stereocenters. The summed E-state index contributed by atoms with van der Waals surface area (Å²) in [5.41, 5.74) is 0.813. The highest BCUT2D eigenvalue weighted by molar-refractivity contribution is 5.82. The Labute approximate surface area is 117 Å². The van der Waals surface area contributed by atoms with Gasteiger partial charge in [0.2, 0.25) is 5.91 Å². The van der Waals surface area contributed by atoms with E-state index in [1.807, 2.05) is 20.8 Å². The molecule has 0 bridgehead atoms. The zero-order valence-electron chi connectivity index (χ0n) is 11.8. The SMILES string of the molecule is Cc1ccoc1C1C(C(=O)O)OCC(=O)N1CC(C)C. The molecule has 20 heavy (non-hydrogen) atoms. The summed E-state index contributed by atoms with van der Waals surface area (Å²) < 4.78 is 10.6. The summed E-state index contributed by atoms with van der Waals surface area (Å²) in [5, 5.41) is 9.33. The van der Waals surface area contributed by atoms with Crippen molar-refractivity contribution in [1.29, 1.82) is 0 Å². The third kappa shape index (κ3) is 2.70. The van der Waals surface area contributed by atoms with Crippen LogP contribution in [-0.2, 0) is 14.3 Å². The van der Waals surface area contributed by atoms with Crippen molar-refractivity contribution < 1.29 is 23.8 Å². The Hall–Kier alpha value is -1.82. The fourth-order valence-corrected chi connectivity index (χ4v) is 2.44. The molecule has 0 aromatic carbocycles. The first-order valence-electron chi connectivity index (χ1n) is 6.59. The van der Waals surface area contributed by atoms with Crippen LogP contribution in [0.15, 0.2) is 16.7 Å². The zero-order chi connectivity index (χ0) is 14.9. The summed E-state index contributed by atoms with van der Waals surface area (Å²) >= 11 is 0. The smallest absolute Gasteiger partial charge is 0.335 e. The van der Waals surface area contributed by atoms with E-state index in [-0.39, 0.29) is 18.4 Å². The van der Waals surface area contributed by atoms with Crippen LogP contribution in [0, 0.1) is 12.8 Å². The monoisotopic (exact) mass is 281 g/mol. The van der Waals surface area contributed by atoms with Crippen molar-refractivity contribution in [3.05, 3.63) is 23.7 Å². The van der Waals surface area contributed by atoms with E-state index in [1.165, 1.54) is 6.26 Å². The summed E-state index contributed by atoms with van der Waals surface area (Å²) in [7, 11) is 0. The normalized spacial score (nSPS) is 23.4. The number of hydrogen-bond acceptors (Lipinski definition) is 4. The first-order chi connectivity index (χ1) is 9.41. The van der Waals surface area contributed by atoms with Gasteiger partial charge in [0.1, 0.15) is 18.4 Å². The lowest BCUT2D eigenvalue weighted by atomic mass is 10.00. The highest BCUT2D eigenvalue weighted by Crippen LogP contribution is 2.33. The van der Waals surface area contributed by atoms with Crippen molar-refractivity contribution in [3.63, 3.8) is 0 Å². The summed E-state index contributed by atoms with van der Waals surface area (Å²) in [6.45, 7) is 6.04. The molecular weight excluding hydrogens is 262 g/mol. The number of amides is 1. The molecular formula is C14H19NO5. The number of carbonyl (C=O) groups excluding carboxylic acids is 1. The van der Waals surface area contributed by atoms with Crippen molar-refractivity contribution >= 4 is 11.9 Å². The molecule has 1 aliphatic heterocycles. The average molecular weight is 281 g/mol. The minimum absolute atomic E-state index is 0.208. The second kappa shape index (κ2) is 5.66. The van der Waals surface area contributed by atoms with Crippen molar-refractivity contribution in [1.82, 2.24) is 4.90 Å². The van der Waals surface area contributed by atoms with Crippen LogP contribution in [0.1, 0.15) is 31.2 Å². The van der Waals surface area contributed by atoms with Crippen molar-refractivity contribution in [2.45, 2.75) is 32.9 Å². The van der Waals surface area contributed by atoms with E-state index in [4.69, 9.17) is 9.15 Å². The number of aliphatic carboxylic acids is 1. The lowest BCUT2D eigenvalue weighted by molar-refractivity contribution is -0.175. The van der Waals surface area contributed by atoms with E-state index in [2.05, 4.69) is 0 Å². The molecule has 1 saturated heterocycles. The predicted molar refractivity (Wildman–Crippen MR) is 70.1 cm³/mol. The van der Waals surface area contributed by atoms with Gasteiger partial charge in [0, 0.05) is 6.54 Å². The number of aryl methyl sites for hydroxylation is 1. The molecule has 6 heteroatoms. The number of furan rings is 1. The van der Waals surface area contributed by atoms with Crippen LogP contribution in [-0.4, -0.2) is 41.1 Å². The van der Waals surface area contributed by atoms with Crippen LogP contribution >= 0.6 is 0 Å².